The lowest BCUT2D eigenvalue weighted by molar-refractivity contribution is 0.441. The van der Waals surface area contributed by atoms with Gasteiger partial charge in [0.2, 0.25) is 0 Å². The van der Waals surface area contributed by atoms with Gasteiger partial charge in [-0.2, -0.15) is 0 Å². The Morgan fingerprint density at radius 3 is 2.43 bits per heavy atom. The summed E-state index contributed by atoms with van der Waals surface area (Å²) < 4.78 is 42.0. The van der Waals surface area contributed by atoms with E-state index in [4.69, 9.17) is 0 Å². The van der Waals surface area contributed by atoms with Crippen LogP contribution in [0, 0.1) is 17.5 Å². The van der Waals surface area contributed by atoms with Gasteiger partial charge in [0.1, 0.15) is 5.82 Å². The molecule has 0 aliphatic heterocycles. The van der Waals surface area contributed by atoms with Crippen LogP contribution in [0.25, 0.3) is 0 Å². The predicted octanol–water partition coefficient (Wildman–Crippen LogP) is 3.41. The van der Waals surface area contributed by atoms with E-state index >= 15 is 0 Å². The maximum atomic E-state index is 13.5. The van der Waals surface area contributed by atoms with Gasteiger partial charge in [0.15, 0.2) is 17.5 Å². The van der Waals surface area contributed by atoms with Gasteiger partial charge < -0.3 is 9.88 Å². The van der Waals surface area contributed by atoms with E-state index in [0.29, 0.717) is 17.9 Å². The topological polar surface area (TPSA) is 29.9 Å². The van der Waals surface area contributed by atoms with E-state index in [0.717, 1.165) is 25.1 Å². The Morgan fingerprint density at radius 1 is 1.19 bits per heavy atom. The van der Waals surface area contributed by atoms with Crippen LogP contribution in [0.4, 0.5) is 13.2 Å². The minimum Gasteiger partial charge on any atom is -0.333 e. The Hall–Kier alpha value is -1.82. The van der Waals surface area contributed by atoms with Gasteiger partial charge in [0, 0.05) is 18.9 Å². The molecule has 3 nitrogen and oxygen atoms in total. The molecular formula is C15H18F3N3. The first kappa shape index (κ1) is 15.6. The van der Waals surface area contributed by atoms with Gasteiger partial charge in [0.25, 0.3) is 0 Å². The van der Waals surface area contributed by atoms with Crippen molar-refractivity contribution >= 4 is 0 Å². The van der Waals surface area contributed by atoms with E-state index in [1.54, 1.807) is 6.20 Å². The van der Waals surface area contributed by atoms with Gasteiger partial charge >= 0.3 is 0 Å². The molecule has 0 saturated carbocycles. The van der Waals surface area contributed by atoms with Crippen LogP contribution in [-0.4, -0.2) is 16.1 Å². The van der Waals surface area contributed by atoms with Gasteiger partial charge in [-0.25, -0.2) is 18.2 Å². The van der Waals surface area contributed by atoms with Crippen molar-refractivity contribution in [2.45, 2.75) is 32.9 Å². The van der Waals surface area contributed by atoms with Gasteiger partial charge in [-0.1, -0.05) is 13.8 Å². The number of rotatable bonds is 6. The molecule has 6 heteroatoms. The zero-order chi connectivity index (χ0) is 15.4. The predicted molar refractivity (Wildman–Crippen MR) is 74.4 cm³/mol. The first-order valence-electron chi connectivity index (χ1n) is 6.97. The van der Waals surface area contributed by atoms with Gasteiger partial charge in [-0.3, -0.25) is 0 Å². The second-order valence-electron chi connectivity index (χ2n) is 4.77. The Labute approximate surface area is 121 Å². The molecule has 1 heterocycles. The van der Waals surface area contributed by atoms with Crippen molar-refractivity contribution in [2.24, 2.45) is 0 Å². The van der Waals surface area contributed by atoms with E-state index in [1.165, 1.54) is 0 Å². The third kappa shape index (κ3) is 3.26. The van der Waals surface area contributed by atoms with Gasteiger partial charge in [0.05, 0.1) is 6.04 Å². The second kappa shape index (κ2) is 6.76. The van der Waals surface area contributed by atoms with Crippen molar-refractivity contribution in [3.05, 3.63) is 53.4 Å². The number of nitrogens with zero attached hydrogens (tertiary/aromatic N) is 2. The summed E-state index contributed by atoms with van der Waals surface area (Å²) in [5.74, 6) is -3.18. The number of nitrogens with one attached hydrogen (secondary N) is 1. The van der Waals surface area contributed by atoms with Crippen molar-refractivity contribution in [3.8, 4) is 0 Å². The molecule has 0 spiro atoms. The summed E-state index contributed by atoms with van der Waals surface area (Å²) in [7, 11) is 0. The molecule has 2 aromatic rings. The zero-order valence-corrected chi connectivity index (χ0v) is 12.0. The maximum Gasteiger partial charge on any atom is 0.194 e. The van der Waals surface area contributed by atoms with Crippen molar-refractivity contribution in [3.63, 3.8) is 0 Å². The van der Waals surface area contributed by atoms with Crippen LogP contribution in [0.3, 0.4) is 0 Å². The number of hydrogen-bond acceptors (Lipinski definition) is 2. The van der Waals surface area contributed by atoms with E-state index < -0.39 is 23.5 Å². The Morgan fingerprint density at radius 2 is 1.86 bits per heavy atom. The zero-order valence-electron chi connectivity index (χ0n) is 12.0. The quantitative estimate of drug-likeness (QED) is 0.828. The highest BCUT2D eigenvalue weighted by Gasteiger charge is 2.21. The van der Waals surface area contributed by atoms with Crippen LogP contribution in [0.2, 0.25) is 0 Å². The van der Waals surface area contributed by atoms with Gasteiger partial charge in [-0.05, 0) is 30.7 Å². The number of imidazole rings is 1. The highest BCUT2D eigenvalue weighted by molar-refractivity contribution is 5.27. The van der Waals surface area contributed by atoms with Crippen LogP contribution < -0.4 is 5.32 Å². The van der Waals surface area contributed by atoms with E-state index in [2.05, 4.69) is 10.3 Å². The second-order valence-corrected chi connectivity index (χ2v) is 4.77. The largest absolute Gasteiger partial charge is 0.333 e. The maximum absolute atomic E-state index is 13.5. The molecule has 21 heavy (non-hydrogen) atoms. The molecule has 0 radical (unpaired) electrons. The normalized spacial score (nSPS) is 12.6. The number of aryl methyl sites for hydroxylation is 1. The van der Waals surface area contributed by atoms with Crippen molar-refractivity contribution < 1.29 is 13.2 Å². The average Bonchev–Trinajstić information content (AvgIpc) is 2.90. The van der Waals surface area contributed by atoms with Crippen LogP contribution in [0.5, 0.6) is 0 Å². The van der Waals surface area contributed by atoms with Crippen molar-refractivity contribution in [1.82, 2.24) is 14.9 Å². The molecule has 1 aromatic carbocycles. The van der Waals surface area contributed by atoms with E-state index in [9.17, 15) is 13.2 Å². The lowest BCUT2D eigenvalue weighted by Crippen LogP contribution is -2.26. The average molecular weight is 297 g/mol. The Kier molecular flexibility index (Phi) is 5.01. The highest BCUT2D eigenvalue weighted by atomic mass is 19.2. The number of hydrogen-bond donors (Lipinski definition) is 1. The van der Waals surface area contributed by atoms with Crippen LogP contribution in [0.15, 0.2) is 24.5 Å². The van der Waals surface area contributed by atoms with E-state index in [-0.39, 0.29) is 0 Å². The molecular weight excluding hydrogens is 279 g/mol. The molecule has 0 saturated heterocycles. The standard InChI is InChI=1S/C15H18F3N3/c1-3-6-21-7-5-20-15(21)14(19-4-2)10-8-11(16)13(18)12(17)9-10/h5,7-9,14,19H,3-4,6H2,1-2H3. The third-order valence-electron chi connectivity index (χ3n) is 3.22. The molecule has 1 atom stereocenters. The molecule has 1 N–H and O–H groups in total. The first-order valence-corrected chi connectivity index (χ1v) is 6.97. The van der Waals surface area contributed by atoms with Crippen molar-refractivity contribution in [2.75, 3.05) is 6.54 Å². The summed E-state index contributed by atoms with van der Waals surface area (Å²) in [6, 6.07) is 1.54. The number of benzene rings is 1. The van der Waals surface area contributed by atoms with E-state index in [1.807, 2.05) is 24.6 Å². The van der Waals surface area contributed by atoms with Crippen LogP contribution in [0.1, 0.15) is 37.7 Å². The number of aromatic nitrogens is 2. The summed E-state index contributed by atoms with van der Waals surface area (Å²) in [6.07, 6.45) is 4.37. The highest BCUT2D eigenvalue weighted by Crippen LogP contribution is 2.24. The monoisotopic (exact) mass is 297 g/mol. The summed E-state index contributed by atoms with van der Waals surface area (Å²) in [5, 5.41) is 3.13. The lowest BCUT2D eigenvalue weighted by atomic mass is 10.1. The minimum atomic E-state index is -1.45. The molecule has 1 unspecified atom stereocenters. The van der Waals surface area contributed by atoms with Crippen LogP contribution in [-0.2, 0) is 6.54 Å². The molecule has 114 valence electrons. The smallest absolute Gasteiger partial charge is 0.194 e. The fourth-order valence-corrected chi connectivity index (χ4v) is 2.32. The SMILES string of the molecule is CCCn1ccnc1C(NCC)c1cc(F)c(F)c(F)c1. The minimum absolute atomic E-state index is 0.316. The fraction of sp³-hybridized carbons (Fsp3) is 0.400. The Bertz CT molecular complexity index is 587. The van der Waals surface area contributed by atoms with Crippen LogP contribution >= 0.6 is 0 Å². The molecule has 0 fully saturated rings. The molecule has 2 rings (SSSR count). The summed E-state index contributed by atoms with van der Waals surface area (Å²) in [5.41, 5.74) is 0.316. The third-order valence-corrected chi connectivity index (χ3v) is 3.22. The number of halogens is 3. The summed E-state index contributed by atoms with van der Waals surface area (Å²) in [4.78, 5) is 4.27. The lowest BCUT2D eigenvalue weighted by Gasteiger charge is -2.20. The Balaban J connectivity index is 2.45. The summed E-state index contributed by atoms with van der Waals surface area (Å²) in [6.45, 7) is 5.26. The first-order chi connectivity index (χ1) is 10.1. The molecule has 1 aromatic heterocycles. The molecule has 0 aliphatic rings. The molecule has 0 amide bonds. The molecule has 0 aliphatic carbocycles. The van der Waals surface area contributed by atoms with Gasteiger partial charge in [-0.15, -0.1) is 0 Å². The fourth-order valence-electron chi connectivity index (χ4n) is 2.32. The van der Waals surface area contributed by atoms with Crippen molar-refractivity contribution in [1.29, 1.82) is 0 Å². The summed E-state index contributed by atoms with van der Waals surface area (Å²) >= 11 is 0. The molecule has 0 bridgehead atoms.